The maximum absolute atomic E-state index is 11.0. The van der Waals surface area contributed by atoms with Crippen molar-refractivity contribution >= 4 is 23.3 Å². The van der Waals surface area contributed by atoms with Gasteiger partial charge in [0.25, 0.3) is 5.69 Å². The summed E-state index contributed by atoms with van der Waals surface area (Å²) in [5.74, 6) is -1.13. The van der Waals surface area contributed by atoms with Gasteiger partial charge in [-0.15, -0.1) is 0 Å². The van der Waals surface area contributed by atoms with Gasteiger partial charge in [0.1, 0.15) is 0 Å². The summed E-state index contributed by atoms with van der Waals surface area (Å²) in [7, 11) is 0. The molecule has 0 atom stereocenters. The van der Waals surface area contributed by atoms with Crippen LogP contribution in [0.3, 0.4) is 0 Å². The number of nitrogens with zero attached hydrogens (tertiary/aromatic N) is 1. The first-order valence-corrected chi connectivity index (χ1v) is 4.82. The number of carboxylic acids is 1. The summed E-state index contributed by atoms with van der Waals surface area (Å²) in [6, 6.07) is 3.96. The van der Waals surface area contributed by atoms with Gasteiger partial charge in [0, 0.05) is 16.7 Å². The highest BCUT2D eigenvalue weighted by Gasteiger charge is 2.35. The highest BCUT2D eigenvalue weighted by Crippen LogP contribution is 2.33. The van der Waals surface area contributed by atoms with Crippen molar-refractivity contribution < 1.29 is 14.8 Å². The fourth-order valence-corrected chi connectivity index (χ4v) is 1.47. The molecule has 0 spiro atoms. The van der Waals surface area contributed by atoms with Crippen LogP contribution in [0.1, 0.15) is 19.4 Å². The minimum Gasteiger partial charge on any atom is -0.481 e. The number of nitro benzene ring substituents is 1. The molecule has 0 saturated heterocycles. The Morgan fingerprint density at radius 2 is 2.06 bits per heavy atom. The van der Waals surface area contributed by atoms with Crippen molar-refractivity contribution in [3.8, 4) is 0 Å². The first-order chi connectivity index (χ1) is 7.26. The second kappa shape index (κ2) is 4.09. The summed E-state index contributed by atoms with van der Waals surface area (Å²) in [6.45, 7) is 2.82. The van der Waals surface area contributed by atoms with E-state index in [1.54, 1.807) is 0 Å². The van der Waals surface area contributed by atoms with E-state index in [2.05, 4.69) is 0 Å². The Morgan fingerprint density at radius 3 is 2.50 bits per heavy atom. The molecule has 1 rings (SSSR count). The zero-order valence-electron chi connectivity index (χ0n) is 8.73. The molecular weight excluding hydrogens is 234 g/mol. The van der Waals surface area contributed by atoms with Crippen LogP contribution in [-0.4, -0.2) is 16.0 Å². The van der Waals surface area contributed by atoms with Gasteiger partial charge in [-0.1, -0.05) is 11.6 Å². The summed E-state index contributed by atoms with van der Waals surface area (Å²) in [6.07, 6.45) is 0. The monoisotopic (exact) mass is 243 g/mol. The Bertz CT molecular complexity index is 456. The molecule has 0 aromatic heterocycles. The molecule has 0 aliphatic heterocycles. The summed E-state index contributed by atoms with van der Waals surface area (Å²) in [5, 5.41) is 20.0. The van der Waals surface area contributed by atoms with Crippen LogP contribution in [0.2, 0.25) is 5.02 Å². The quantitative estimate of drug-likeness (QED) is 0.654. The van der Waals surface area contributed by atoms with Crippen LogP contribution < -0.4 is 0 Å². The van der Waals surface area contributed by atoms with Gasteiger partial charge in [0.15, 0.2) is 0 Å². The number of halogens is 1. The molecule has 5 nitrogen and oxygen atoms in total. The van der Waals surface area contributed by atoms with Crippen molar-refractivity contribution in [2.45, 2.75) is 19.3 Å². The molecule has 0 saturated carbocycles. The number of aliphatic carboxylic acids is 1. The summed E-state index contributed by atoms with van der Waals surface area (Å²) >= 11 is 5.64. The average molecular weight is 244 g/mol. The predicted molar refractivity (Wildman–Crippen MR) is 58.8 cm³/mol. The molecule has 0 radical (unpaired) electrons. The van der Waals surface area contributed by atoms with Gasteiger partial charge in [-0.3, -0.25) is 14.9 Å². The lowest BCUT2D eigenvalue weighted by Crippen LogP contribution is -2.29. The first kappa shape index (κ1) is 12.4. The Labute approximate surface area is 96.8 Å². The van der Waals surface area contributed by atoms with Crippen molar-refractivity contribution in [2.24, 2.45) is 0 Å². The number of carbonyl (C=O) groups is 1. The van der Waals surface area contributed by atoms with Gasteiger partial charge in [-0.25, -0.2) is 0 Å². The van der Waals surface area contributed by atoms with E-state index in [-0.39, 0.29) is 16.3 Å². The molecule has 0 fully saturated rings. The third-order valence-corrected chi connectivity index (χ3v) is 2.60. The van der Waals surface area contributed by atoms with E-state index in [4.69, 9.17) is 16.7 Å². The molecule has 86 valence electrons. The van der Waals surface area contributed by atoms with Crippen LogP contribution in [0.4, 0.5) is 5.69 Å². The van der Waals surface area contributed by atoms with E-state index in [9.17, 15) is 14.9 Å². The molecule has 0 aliphatic carbocycles. The normalized spacial score (nSPS) is 11.2. The van der Waals surface area contributed by atoms with E-state index in [0.29, 0.717) is 0 Å². The molecule has 1 aromatic rings. The molecule has 1 N–H and O–H groups in total. The van der Waals surface area contributed by atoms with Crippen molar-refractivity contribution in [1.82, 2.24) is 0 Å². The molecule has 0 aliphatic rings. The van der Waals surface area contributed by atoms with Gasteiger partial charge < -0.3 is 5.11 Å². The highest BCUT2D eigenvalue weighted by molar-refractivity contribution is 6.30. The predicted octanol–water partition coefficient (Wildman–Crippen LogP) is 2.61. The van der Waals surface area contributed by atoms with E-state index in [1.165, 1.54) is 26.0 Å². The lowest BCUT2D eigenvalue weighted by molar-refractivity contribution is -0.386. The largest absolute Gasteiger partial charge is 0.481 e. The second-order valence-corrected chi connectivity index (χ2v) is 4.29. The average Bonchev–Trinajstić information content (AvgIpc) is 2.16. The van der Waals surface area contributed by atoms with Gasteiger partial charge in [-0.2, -0.15) is 0 Å². The second-order valence-electron chi connectivity index (χ2n) is 3.85. The SMILES string of the molecule is CC(C)(C(=O)O)c1ccc(Cl)cc1[N+](=O)[O-]. The lowest BCUT2D eigenvalue weighted by atomic mass is 9.84. The molecular formula is C10H10ClNO4. The van der Waals surface area contributed by atoms with Gasteiger partial charge in [0.2, 0.25) is 0 Å². The van der Waals surface area contributed by atoms with E-state index in [1.807, 2.05) is 0 Å². The first-order valence-electron chi connectivity index (χ1n) is 4.44. The Hall–Kier alpha value is -1.62. The molecule has 1 aromatic carbocycles. The lowest BCUT2D eigenvalue weighted by Gasteiger charge is -2.19. The fourth-order valence-electron chi connectivity index (χ4n) is 1.30. The van der Waals surface area contributed by atoms with E-state index < -0.39 is 16.3 Å². The van der Waals surface area contributed by atoms with E-state index in [0.717, 1.165) is 6.07 Å². The number of rotatable bonds is 3. The van der Waals surface area contributed by atoms with Crippen LogP contribution in [-0.2, 0) is 10.2 Å². The maximum Gasteiger partial charge on any atom is 0.313 e. The fraction of sp³-hybridized carbons (Fsp3) is 0.300. The van der Waals surface area contributed by atoms with Crippen molar-refractivity contribution in [3.63, 3.8) is 0 Å². The zero-order chi connectivity index (χ0) is 12.5. The summed E-state index contributed by atoms with van der Waals surface area (Å²) < 4.78 is 0. The molecule has 0 heterocycles. The molecule has 16 heavy (non-hydrogen) atoms. The minimum atomic E-state index is -1.33. The van der Waals surface area contributed by atoms with Gasteiger partial charge in [0.05, 0.1) is 10.3 Å². The number of benzene rings is 1. The van der Waals surface area contributed by atoms with Crippen LogP contribution in [0.15, 0.2) is 18.2 Å². The number of hydrogen-bond acceptors (Lipinski definition) is 3. The van der Waals surface area contributed by atoms with Crippen LogP contribution >= 0.6 is 11.6 Å². The van der Waals surface area contributed by atoms with Gasteiger partial charge in [-0.05, 0) is 26.0 Å². The third-order valence-electron chi connectivity index (χ3n) is 2.36. The minimum absolute atomic E-state index is 0.134. The van der Waals surface area contributed by atoms with Crippen molar-refractivity contribution in [1.29, 1.82) is 0 Å². The van der Waals surface area contributed by atoms with Crippen LogP contribution in [0, 0.1) is 10.1 Å². The van der Waals surface area contributed by atoms with Gasteiger partial charge >= 0.3 is 5.97 Å². The highest BCUT2D eigenvalue weighted by atomic mass is 35.5. The van der Waals surface area contributed by atoms with E-state index >= 15 is 0 Å². The molecule has 6 heteroatoms. The number of nitro groups is 1. The summed E-state index contributed by atoms with van der Waals surface area (Å²) in [4.78, 5) is 21.2. The van der Waals surface area contributed by atoms with Crippen molar-refractivity contribution in [2.75, 3.05) is 0 Å². The Kier molecular flexibility index (Phi) is 3.19. The van der Waals surface area contributed by atoms with Crippen LogP contribution in [0.25, 0.3) is 0 Å². The summed E-state index contributed by atoms with van der Waals surface area (Å²) in [5.41, 5.74) is -1.47. The van der Waals surface area contributed by atoms with Crippen molar-refractivity contribution in [3.05, 3.63) is 38.9 Å². The zero-order valence-corrected chi connectivity index (χ0v) is 9.49. The third kappa shape index (κ3) is 2.14. The molecule has 0 amide bonds. The topological polar surface area (TPSA) is 80.4 Å². The number of hydrogen-bond donors (Lipinski definition) is 1. The smallest absolute Gasteiger partial charge is 0.313 e. The maximum atomic E-state index is 11.0. The molecule has 0 bridgehead atoms. The van der Waals surface area contributed by atoms with Crippen LogP contribution in [0.5, 0.6) is 0 Å². The standard InChI is InChI=1S/C10H10ClNO4/c1-10(2,9(13)14)7-4-3-6(11)5-8(7)12(15)16/h3-5H,1-2H3,(H,13,14). The number of carboxylic acid groups (broad SMARTS) is 1. The Morgan fingerprint density at radius 1 is 1.50 bits per heavy atom. The molecule has 0 unspecified atom stereocenters. The Balaban J connectivity index is 3.45.